The number of nitrogens with one attached hydrogen (secondary N) is 2. The van der Waals surface area contributed by atoms with Crippen LogP contribution in [0.3, 0.4) is 0 Å². The first kappa shape index (κ1) is 19.8. The fourth-order valence-corrected chi connectivity index (χ4v) is 3.19. The molecule has 0 unspecified atom stereocenters. The minimum Gasteiger partial charge on any atom is -0.439 e. The lowest BCUT2D eigenvalue weighted by Gasteiger charge is -2.11. The van der Waals surface area contributed by atoms with E-state index in [9.17, 15) is 4.39 Å². The predicted octanol–water partition coefficient (Wildman–Crippen LogP) is 3.90. The molecule has 1 aromatic carbocycles. The van der Waals surface area contributed by atoms with E-state index in [-0.39, 0.29) is 5.82 Å². The van der Waals surface area contributed by atoms with Crippen molar-refractivity contribution in [3.63, 3.8) is 0 Å². The number of guanidine groups is 1. The number of benzene rings is 1. The highest BCUT2D eigenvalue weighted by atomic mass is 32.1. The minimum atomic E-state index is -0.346. The molecule has 0 bridgehead atoms. The van der Waals surface area contributed by atoms with Crippen LogP contribution in [0.1, 0.15) is 22.4 Å². The number of aliphatic imine (C=N–C) groups is 1. The third-order valence-corrected chi connectivity index (χ3v) is 5.00. The maximum Gasteiger partial charge on any atom is 0.219 e. The van der Waals surface area contributed by atoms with Gasteiger partial charge in [0.25, 0.3) is 0 Å². The Morgan fingerprint density at radius 1 is 1.14 bits per heavy atom. The lowest BCUT2D eigenvalue weighted by Crippen LogP contribution is -2.36. The van der Waals surface area contributed by atoms with Gasteiger partial charge in [-0.2, -0.15) is 0 Å². The molecule has 0 radical (unpaired) electrons. The van der Waals surface area contributed by atoms with Gasteiger partial charge in [-0.1, -0.05) is 19.1 Å². The molecule has 2 N–H and O–H groups in total. The van der Waals surface area contributed by atoms with Gasteiger partial charge in [-0.3, -0.25) is 4.99 Å². The van der Waals surface area contributed by atoms with Crippen LogP contribution in [0.15, 0.2) is 53.8 Å². The third kappa shape index (κ3) is 5.75. The maximum absolute atomic E-state index is 13.2. The maximum atomic E-state index is 13.2. The number of aromatic nitrogens is 2. The molecule has 28 heavy (non-hydrogen) atoms. The normalized spacial score (nSPS) is 11.3. The van der Waals surface area contributed by atoms with Crippen molar-refractivity contribution in [3.05, 3.63) is 70.1 Å². The summed E-state index contributed by atoms with van der Waals surface area (Å²) in [5.41, 5.74) is 0.970. The molecule has 0 atom stereocenters. The molecule has 0 aliphatic rings. The zero-order chi connectivity index (χ0) is 19.8. The first-order chi connectivity index (χ1) is 13.7. The van der Waals surface area contributed by atoms with E-state index in [1.165, 1.54) is 17.0 Å². The lowest BCUT2D eigenvalue weighted by atomic mass is 10.3. The van der Waals surface area contributed by atoms with Gasteiger partial charge in [0.1, 0.15) is 16.6 Å². The molecule has 0 aliphatic heterocycles. The molecule has 3 aromatic rings. The van der Waals surface area contributed by atoms with Crippen LogP contribution >= 0.6 is 11.3 Å². The number of nitrogens with zero attached hydrogens (tertiary/aromatic N) is 3. The zero-order valence-electron chi connectivity index (χ0n) is 15.8. The first-order valence-corrected chi connectivity index (χ1v) is 9.74. The Hall–Kier alpha value is -3.00. The van der Waals surface area contributed by atoms with Crippen LogP contribution in [-0.2, 0) is 19.5 Å². The number of rotatable bonds is 7. The molecule has 3 rings (SSSR count). The van der Waals surface area contributed by atoms with Crippen molar-refractivity contribution in [3.8, 4) is 11.6 Å². The third-order valence-electron chi connectivity index (χ3n) is 3.86. The average molecular weight is 399 g/mol. The van der Waals surface area contributed by atoms with E-state index in [0.717, 1.165) is 17.0 Å². The molecule has 6 nitrogen and oxygen atoms in total. The van der Waals surface area contributed by atoms with Crippen molar-refractivity contribution < 1.29 is 9.13 Å². The summed E-state index contributed by atoms with van der Waals surface area (Å²) in [6.45, 7) is 3.31. The lowest BCUT2D eigenvalue weighted by molar-refractivity contribution is 0.457. The van der Waals surface area contributed by atoms with Crippen LogP contribution < -0.4 is 15.4 Å². The molecule has 0 amide bonds. The first-order valence-electron chi connectivity index (χ1n) is 8.92. The predicted molar refractivity (Wildman–Crippen MR) is 109 cm³/mol. The van der Waals surface area contributed by atoms with E-state index in [1.54, 1.807) is 42.8 Å². The van der Waals surface area contributed by atoms with E-state index < -0.39 is 0 Å². The molecule has 0 fully saturated rings. The van der Waals surface area contributed by atoms with E-state index in [2.05, 4.69) is 32.5 Å². The van der Waals surface area contributed by atoms with Gasteiger partial charge >= 0.3 is 0 Å². The Morgan fingerprint density at radius 3 is 2.68 bits per heavy atom. The summed E-state index contributed by atoms with van der Waals surface area (Å²) < 4.78 is 18.8. The second-order valence-electron chi connectivity index (χ2n) is 5.92. The Balaban J connectivity index is 1.49. The second kappa shape index (κ2) is 9.80. The number of aryl methyl sites for hydroxylation is 1. The minimum absolute atomic E-state index is 0.346. The standard InChI is InChI=1S/C20H22FN5OS/c1-3-17-12-24-19(28-17)13-26-20(22-2)25-11-14-7-8-18(23-10-14)27-16-6-4-5-15(21)9-16/h4-10,12H,3,11,13H2,1-2H3,(H2,22,25,26). The molecular weight excluding hydrogens is 377 g/mol. The SMILES string of the molecule is CCc1cnc(CNC(=NC)NCc2ccc(Oc3cccc(F)c3)nc2)s1. The van der Waals surface area contributed by atoms with Gasteiger partial charge < -0.3 is 15.4 Å². The molecule has 8 heteroatoms. The average Bonchev–Trinajstić information content (AvgIpc) is 3.17. The summed E-state index contributed by atoms with van der Waals surface area (Å²) in [7, 11) is 1.73. The Labute approximate surface area is 167 Å². The van der Waals surface area contributed by atoms with Gasteiger partial charge in [0.05, 0.1) is 6.54 Å². The molecule has 2 aromatic heterocycles. The van der Waals surface area contributed by atoms with Crippen molar-refractivity contribution in [2.75, 3.05) is 7.05 Å². The van der Waals surface area contributed by atoms with Crippen molar-refractivity contribution in [2.24, 2.45) is 4.99 Å². The Morgan fingerprint density at radius 2 is 2.00 bits per heavy atom. The summed E-state index contributed by atoms with van der Waals surface area (Å²) >= 11 is 1.70. The number of hydrogen-bond donors (Lipinski definition) is 2. The van der Waals surface area contributed by atoms with Gasteiger partial charge in [0.2, 0.25) is 5.88 Å². The van der Waals surface area contributed by atoms with E-state index in [0.29, 0.717) is 30.7 Å². The fraction of sp³-hybridized carbons (Fsp3) is 0.250. The molecule has 0 saturated heterocycles. The van der Waals surface area contributed by atoms with Crippen LogP contribution in [0.4, 0.5) is 4.39 Å². The Kier molecular flexibility index (Phi) is 6.91. The van der Waals surface area contributed by atoms with Gasteiger partial charge in [-0.25, -0.2) is 14.4 Å². The van der Waals surface area contributed by atoms with Crippen LogP contribution in [0.25, 0.3) is 0 Å². The quantitative estimate of drug-likeness (QED) is 0.466. The van der Waals surface area contributed by atoms with E-state index >= 15 is 0 Å². The highest BCUT2D eigenvalue weighted by Crippen LogP contribution is 2.20. The van der Waals surface area contributed by atoms with E-state index in [4.69, 9.17) is 4.74 Å². The summed E-state index contributed by atoms with van der Waals surface area (Å²) in [4.78, 5) is 14.1. The molecule has 146 valence electrons. The van der Waals surface area contributed by atoms with E-state index in [1.807, 2.05) is 12.3 Å². The van der Waals surface area contributed by atoms with Gasteiger partial charge in [0.15, 0.2) is 5.96 Å². The van der Waals surface area contributed by atoms with Crippen LogP contribution in [0.2, 0.25) is 0 Å². The fourth-order valence-electron chi connectivity index (χ4n) is 2.39. The highest BCUT2D eigenvalue weighted by Gasteiger charge is 2.04. The number of thiazole rings is 1. The van der Waals surface area contributed by atoms with Crippen molar-refractivity contribution >= 4 is 17.3 Å². The number of hydrogen-bond acceptors (Lipinski definition) is 5. The van der Waals surface area contributed by atoms with Crippen molar-refractivity contribution in [1.29, 1.82) is 0 Å². The molecule has 2 heterocycles. The van der Waals surface area contributed by atoms with Crippen molar-refractivity contribution in [2.45, 2.75) is 26.4 Å². The summed E-state index contributed by atoms with van der Waals surface area (Å²) in [6.07, 6.45) is 4.62. The smallest absolute Gasteiger partial charge is 0.219 e. The second-order valence-corrected chi connectivity index (χ2v) is 7.12. The zero-order valence-corrected chi connectivity index (χ0v) is 16.6. The monoisotopic (exact) mass is 399 g/mol. The molecule has 0 spiro atoms. The van der Waals surface area contributed by atoms with Crippen molar-refractivity contribution in [1.82, 2.24) is 20.6 Å². The number of halogens is 1. The van der Waals surface area contributed by atoms with Gasteiger partial charge in [0, 0.05) is 43.0 Å². The molecule has 0 saturated carbocycles. The molecular formula is C20H22FN5OS. The summed E-state index contributed by atoms with van der Waals surface area (Å²) in [5.74, 6) is 1.16. The highest BCUT2D eigenvalue weighted by molar-refractivity contribution is 7.11. The van der Waals surface area contributed by atoms with Crippen LogP contribution in [0.5, 0.6) is 11.6 Å². The van der Waals surface area contributed by atoms with Gasteiger partial charge in [-0.05, 0) is 24.1 Å². The summed E-state index contributed by atoms with van der Waals surface area (Å²) in [5, 5.41) is 7.52. The Bertz CT molecular complexity index is 926. The topological polar surface area (TPSA) is 71.4 Å². The van der Waals surface area contributed by atoms with Crippen LogP contribution in [-0.4, -0.2) is 23.0 Å². The number of pyridine rings is 1. The van der Waals surface area contributed by atoms with Gasteiger partial charge in [-0.15, -0.1) is 11.3 Å². The molecule has 0 aliphatic carbocycles. The summed E-state index contributed by atoms with van der Waals surface area (Å²) in [6, 6.07) is 9.61. The largest absolute Gasteiger partial charge is 0.439 e. The number of ether oxygens (including phenoxy) is 1. The van der Waals surface area contributed by atoms with Crippen LogP contribution in [0, 0.1) is 5.82 Å².